The molecule has 0 radical (unpaired) electrons. The van der Waals surface area contributed by atoms with Crippen LogP contribution >= 0.6 is 0 Å². The summed E-state index contributed by atoms with van der Waals surface area (Å²) in [5.41, 5.74) is 0.00794. The molecule has 0 saturated heterocycles. The molecule has 0 aliphatic carbocycles. The standard InChI is InChI=1S/C15H22N4O2/c1-3-4-5-6-7-8-9-10-19-14(20)12-13(17-11-16-12)18(2)15(19)21/h9-11H,3-8H2,1-2H3,(H,16,17). The van der Waals surface area contributed by atoms with Gasteiger partial charge in [-0.3, -0.25) is 9.36 Å². The van der Waals surface area contributed by atoms with Crippen molar-refractivity contribution in [3.8, 4) is 0 Å². The first-order valence-corrected chi connectivity index (χ1v) is 7.48. The molecular weight excluding hydrogens is 268 g/mol. The van der Waals surface area contributed by atoms with E-state index >= 15 is 0 Å². The van der Waals surface area contributed by atoms with Gasteiger partial charge in [-0.1, -0.05) is 38.7 Å². The van der Waals surface area contributed by atoms with Gasteiger partial charge in [-0.2, -0.15) is 0 Å². The van der Waals surface area contributed by atoms with E-state index in [0.29, 0.717) is 11.2 Å². The minimum atomic E-state index is -0.373. The molecule has 2 aromatic rings. The molecule has 0 aliphatic heterocycles. The zero-order valence-electron chi connectivity index (χ0n) is 12.6. The number of hydrogen-bond donors (Lipinski definition) is 1. The Morgan fingerprint density at radius 2 is 2.00 bits per heavy atom. The van der Waals surface area contributed by atoms with E-state index in [1.807, 2.05) is 6.08 Å². The number of aromatic nitrogens is 4. The number of rotatable bonds is 7. The van der Waals surface area contributed by atoms with Crippen LogP contribution in [0.5, 0.6) is 0 Å². The Hall–Kier alpha value is -2.11. The first-order valence-electron chi connectivity index (χ1n) is 7.48. The van der Waals surface area contributed by atoms with Crippen LogP contribution in [0, 0.1) is 0 Å². The van der Waals surface area contributed by atoms with E-state index in [1.54, 1.807) is 13.2 Å². The maximum atomic E-state index is 12.2. The van der Waals surface area contributed by atoms with Crippen LogP contribution in [-0.4, -0.2) is 19.1 Å². The minimum Gasteiger partial charge on any atom is -0.339 e. The molecule has 0 fully saturated rings. The predicted molar refractivity (Wildman–Crippen MR) is 84.3 cm³/mol. The van der Waals surface area contributed by atoms with Gasteiger partial charge >= 0.3 is 5.69 Å². The summed E-state index contributed by atoms with van der Waals surface area (Å²) >= 11 is 0. The number of aromatic amines is 1. The highest BCUT2D eigenvalue weighted by Crippen LogP contribution is 2.05. The van der Waals surface area contributed by atoms with E-state index in [9.17, 15) is 9.59 Å². The Kier molecular flexibility index (Phi) is 5.14. The number of unbranched alkanes of at least 4 members (excludes halogenated alkanes) is 5. The van der Waals surface area contributed by atoms with Crippen molar-refractivity contribution in [3.05, 3.63) is 33.2 Å². The third-order valence-electron chi connectivity index (χ3n) is 3.59. The van der Waals surface area contributed by atoms with Crippen molar-refractivity contribution in [2.24, 2.45) is 7.05 Å². The molecule has 1 N–H and O–H groups in total. The van der Waals surface area contributed by atoms with Gasteiger partial charge in [-0.05, 0) is 12.8 Å². The fourth-order valence-electron chi connectivity index (χ4n) is 2.34. The second-order valence-corrected chi connectivity index (χ2v) is 5.21. The smallest absolute Gasteiger partial charge is 0.336 e. The van der Waals surface area contributed by atoms with E-state index in [2.05, 4.69) is 16.9 Å². The van der Waals surface area contributed by atoms with Crippen molar-refractivity contribution >= 4 is 17.4 Å². The number of hydrogen-bond acceptors (Lipinski definition) is 3. The Morgan fingerprint density at radius 1 is 1.24 bits per heavy atom. The number of allylic oxidation sites excluding steroid dienone is 1. The minimum absolute atomic E-state index is 0.352. The summed E-state index contributed by atoms with van der Waals surface area (Å²) < 4.78 is 2.51. The molecule has 6 heteroatoms. The molecule has 114 valence electrons. The average molecular weight is 290 g/mol. The monoisotopic (exact) mass is 290 g/mol. The quantitative estimate of drug-likeness (QED) is 0.795. The Balaban J connectivity index is 2.12. The van der Waals surface area contributed by atoms with Crippen molar-refractivity contribution < 1.29 is 0 Å². The van der Waals surface area contributed by atoms with E-state index in [4.69, 9.17) is 0 Å². The molecule has 6 nitrogen and oxygen atoms in total. The van der Waals surface area contributed by atoms with E-state index in [-0.39, 0.29) is 11.2 Å². The number of H-pyrrole nitrogens is 1. The summed E-state index contributed by atoms with van der Waals surface area (Å²) in [5, 5.41) is 0. The normalized spacial score (nSPS) is 11.7. The van der Waals surface area contributed by atoms with Crippen molar-refractivity contribution in [1.29, 1.82) is 0 Å². The molecular formula is C15H22N4O2. The SMILES string of the molecule is CCCCCCCC=Cn1c(=O)c2[nH]cnc2n(C)c1=O. The summed E-state index contributed by atoms with van der Waals surface area (Å²) in [6, 6.07) is 0. The molecule has 0 saturated carbocycles. The molecule has 2 rings (SSSR count). The zero-order valence-corrected chi connectivity index (χ0v) is 12.6. The molecule has 2 heterocycles. The summed E-state index contributed by atoms with van der Waals surface area (Å²) in [4.78, 5) is 31.1. The Bertz CT molecular complexity index is 736. The highest BCUT2D eigenvalue weighted by Gasteiger charge is 2.10. The van der Waals surface area contributed by atoms with Crippen LogP contribution in [0.25, 0.3) is 17.4 Å². The van der Waals surface area contributed by atoms with Gasteiger partial charge in [0.05, 0.1) is 6.33 Å². The molecule has 0 spiro atoms. The number of aryl methyl sites for hydroxylation is 1. The maximum Gasteiger partial charge on any atom is 0.336 e. The van der Waals surface area contributed by atoms with Gasteiger partial charge in [0.15, 0.2) is 5.65 Å². The lowest BCUT2D eigenvalue weighted by Crippen LogP contribution is -2.36. The van der Waals surface area contributed by atoms with E-state index < -0.39 is 0 Å². The molecule has 0 aromatic carbocycles. The van der Waals surface area contributed by atoms with Crippen molar-refractivity contribution in [3.63, 3.8) is 0 Å². The molecule has 0 atom stereocenters. The molecule has 2 aromatic heterocycles. The number of nitrogens with zero attached hydrogens (tertiary/aromatic N) is 3. The van der Waals surface area contributed by atoms with Gasteiger partial charge < -0.3 is 4.98 Å². The van der Waals surface area contributed by atoms with Gasteiger partial charge in [0.25, 0.3) is 5.56 Å². The lowest BCUT2D eigenvalue weighted by atomic mass is 10.1. The van der Waals surface area contributed by atoms with E-state index in [1.165, 1.54) is 36.6 Å². The molecule has 0 amide bonds. The number of imidazole rings is 1. The van der Waals surface area contributed by atoms with Crippen molar-refractivity contribution in [2.75, 3.05) is 0 Å². The van der Waals surface area contributed by atoms with Gasteiger partial charge in [0, 0.05) is 13.2 Å². The first-order chi connectivity index (χ1) is 10.2. The van der Waals surface area contributed by atoms with Gasteiger partial charge in [0.1, 0.15) is 5.52 Å². The molecule has 0 bridgehead atoms. The highest BCUT2D eigenvalue weighted by molar-refractivity contribution is 5.69. The van der Waals surface area contributed by atoms with E-state index in [0.717, 1.165) is 17.4 Å². The van der Waals surface area contributed by atoms with Crippen LogP contribution in [0.1, 0.15) is 45.4 Å². The van der Waals surface area contributed by atoms with Crippen LogP contribution in [0.4, 0.5) is 0 Å². The molecule has 0 aliphatic rings. The number of fused-ring (bicyclic) bond motifs is 1. The largest absolute Gasteiger partial charge is 0.339 e. The summed E-state index contributed by atoms with van der Waals surface area (Å²) in [7, 11) is 1.61. The van der Waals surface area contributed by atoms with Crippen LogP contribution in [-0.2, 0) is 7.05 Å². The fraction of sp³-hybridized carbons (Fsp3) is 0.533. The lowest BCUT2D eigenvalue weighted by molar-refractivity contribution is 0.637. The van der Waals surface area contributed by atoms with Gasteiger partial charge in [-0.15, -0.1) is 0 Å². The Labute approximate surface area is 123 Å². The second kappa shape index (κ2) is 7.06. The van der Waals surface area contributed by atoms with Crippen molar-refractivity contribution in [1.82, 2.24) is 19.1 Å². The second-order valence-electron chi connectivity index (χ2n) is 5.21. The summed E-state index contributed by atoms with van der Waals surface area (Å²) in [6.07, 6.45) is 11.8. The summed E-state index contributed by atoms with van der Waals surface area (Å²) in [5.74, 6) is 0. The third kappa shape index (κ3) is 3.32. The van der Waals surface area contributed by atoms with Crippen LogP contribution < -0.4 is 11.2 Å². The Morgan fingerprint density at radius 3 is 2.76 bits per heavy atom. The van der Waals surface area contributed by atoms with Crippen LogP contribution in [0.15, 0.2) is 22.0 Å². The van der Waals surface area contributed by atoms with Crippen molar-refractivity contribution in [2.45, 2.75) is 45.4 Å². The third-order valence-corrected chi connectivity index (χ3v) is 3.59. The zero-order chi connectivity index (χ0) is 15.2. The lowest BCUT2D eigenvalue weighted by Gasteiger charge is -2.03. The van der Waals surface area contributed by atoms with Crippen LogP contribution in [0.3, 0.4) is 0 Å². The molecule has 0 unspecified atom stereocenters. The highest BCUT2D eigenvalue weighted by atomic mass is 16.2. The van der Waals surface area contributed by atoms with Gasteiger partial charge in [-0.25, -0.2) is 14.3 Å². The predicted octanol–water partition coefficient (Wildman–Crippen LogP) is 2.25. The fourth-order valence-corrected chi connectivity index (χ4v) is 2.34. The first kappa shape index (κ1) is 15.3. The molecule has 21 heavy (non-hydrogen) atoms. The van der Waals surface area contributed by atoms with Crippen LogP contribution in [0.2, 0.25) is 0 Å². The summed E-state index contributed by atoms with van der Waals surface area (Å²) in [6.45, 7) is 2.19. The van der Waals surface area contributed by atoms with Gasteiger partial charge in [0.2, 0.25) is 0 Å². The number of nitrogens with one attached hydrogen (secondary N) is 1. The maximum absolute atomic E-state index is 12.2. The average Bonchev–Trinajstić information content (AvgIpc) is 2.97. The topological polar surface area (TPSA) is 72.7 Å².